The number of amides is 1. The van der Waals surface area contributed by atoms with Gasteiger partial charge in [-0.1, -0.05) is 35.4 Å². The Morgan fingerprint density at radius 1 is 1.00 bits per heavy atom. The van der Waals surface area contributed by atoms with E-state index in [-0.39, 0.29) is 5.91 Å². The number of methoxy groups -OCH3 is 1. The highest BCUT2D eigenvalue weighted by atomic mass is 16.5. The fourth-order valence-corrected chi connectivity index (χ4v) is 4.27. The molecule has 170 valence electrons. The van der Waals surface area contributed by atoms with Crippen molar-refractivity contribution in [1.82, 2.24) is 14.8 Å². The topological polar surface area (TPSA) is 69.0 Å². The summed E-state index contributed by atoms with van der Waals surface area (Å²) in [6.07, 6.45) is 0.868. The van der Waals surface area contributed by atoms with Crippen molar-refractivity contribution in [2.45, 2.75) is 47.5 Å². The molecule has 33 heavy (non-hydrogen) atoms. The third kappa shape index (κ3) is 4.46. The molecule has 0 bridgehead atoms. The Bertz CT molecular complexity index is 1340. The molecule has 2 aromatic carbocycles. The zero-order valence-corrected chi connectivity index (χ0v) is 20.1. The second kappa shape index (κ2) is 9.06. The predicted octanol–water partition coefficient (Wildman–Crippen LogP) is 5.54. The first-order valence-corrected chi connectivity index (χ1v) is 11.2. The van der Waals surface area contributed by atoms with Crippen LogP contribution >= 0.6 is 0 Å². The molecule has 0 spiro atoms. The standard InChI is InChI=1S/C27H30N4O2/c1-16-7-10-21(11-8-16)31-26-25(20(5)30-31)19(4)22(27(29-26)33-6)12-14-24(32)28-23-13-9-17(2)15-18(23)3/h7-11,13,15H,12,14H2,1-6H3,(H,28,32). The number of carbonyl (C=O) groups excluding carboxylic acids is 1. The van der Waals surface area contributed by atoms with Gasteiger partial charge in [0.15, 0.2) is 5.65 Å². The summed E-state index contributed by atoms with van der Waals surface area (Å²) in [5, 5.41) is 8.78. The molecule has 6 nitrogen and oxygen atoms in total. The first kappa shape index (κ1) is 22.5. The van der Waals surface area contributed by atoms with Crippen LogP contribution < -0.4 is 10.1 Å². The lowest BCUT2D eigenvalue weighted by Crippen LogP contribution is -2.14. The van der Waals surface area contributed by atoms with E-state index in [9.17, 15) is 4.79 Å². The van der Waals surface area contributed by atoms with Gasteiger partial charge < -0.3 is 10.1 Å². The molecule has 0 saturated carbocycles. The summed E-state index contributed by atoms with van der Waals surface area (Å²) in [4.78, 5) is 17.5. The lowest BCUT2D eigenvalue weighted by molar-refractivity contribution is -0.116. The lowest BCUT2D eigenvalue weighted by Gasteiger charge is -2.14. The minimum absolute atomic E-state index is 0.0319. The number of nitrogens with zero attached hydrogens (tertiary/aromatic N) is 3. The van der Waals surface area contributed by atoms with Crippen molar-refractivity contribution >= 4 is 22.6 Å². The molecular formula is C27H30N4O2. The third-order valence-electron chi connectivity index (χ3n) is 6.06. The van der Waals surface area contributed by atoms with Crippen LogP contribution in [0.15, 0.2) is 42.5 Å². The molecule has 2 heterocycles. The number of carbonyl (C=O) groups is 1. The molecule has 0 aliphatic rings. The summed E-state index contributed by atoms with van der Waals surface area (Å²) in [7, 11) is 1.62. The summed E-state index contributed by atoms with van der Waals surface area (Å²) < 4.78 is 7.51. The summed E-state index contributed by atoms with van der Waals surface area (Å²) in [5.41, 5.74) is 8.86. The number of rotatable bonds is 6. The van der Waals surface area contributed by atoms with Gasteiger partial charge in [-0.3, -0.25) is 4.79 Å². The Morgan fingerprint density at radius 3 is 2.36 bits per heavy atom. The number of pyridine rings is 1. The van der Waals surface area contributed by atoms with E-state index in [1.807, 2.05) is 49.7 Å². The second-order valence-corrected chi connectivity index (χ2v) is 8.62. The average molecular weight is 443 g/mol. The van der Waals surface area contributed by atoms with E-state index in [4.69, 9.17) is 14.8 Å². The van der Waals surface area contributed by atoms with E-state index in [0.29, 0.717) is 18.7 Å². The van der Waals surface area contributed by atoms with E-state index in [0.717, 1.165) is 44.8 Å². The zero-order chi connectivity index (χ0) is 23.7. The molecule has 1 N–H and O–H groups in total. The molecule has 0 aliphatic carbocycles. The lowest BCUT2D eigenvalue weighted by atomic mass is 10.0. The number of nitrogens with one attached hydrogen (secondary N) is 1. The smallest absolute Gasteiger partial charge is 0.224 e. The molecule has 4 aromatic rings. The number of aromatic nitrogens is 3. The highest BCUT2D eigenvalue weighted by Gasteiger charge is 2.20. The molecular weight excluding hydrogens is 412 g/mol. The summed E-state index contributed by atoms with van der Waals surface area (Å²) >= 11 is 0. The van der Waals surface area contributed by atoms with Crippen LogP contribution in [0, 0.1) is 34.6 Å². The van der Waals surface area contributed by atoms with Crippen molar-refractivity contribution in [2.24, 2.45) is 0 Å². The fraction of sp³-hybridized carbons (Fsp3) is 0.296. The molecule has 4 rings (SSSR count). The monoisotopic (exact) mass is 442 g/mol. The number of hydrogen-bond acceptors (Lipinski definition) is 4. The number of anilines is 1. The number of hydrogen-bond donors (Lipinski definition) is 1. The Hall–Kier alpha value is -3.67. The highest BCUT2D eigenvalue weighted by Crippen LogP contribution is 2.32. The van der Waals surface area contributed by atoms with E-state index < -0.39 is 0 Å². The molecule has 0 fully saturated rings. The van der Waals surface area contributed by atoms with Crippen molar-refractivity contribution in [1.29, 1.82) is 0 Å². The molecule has 0 saturated heterocycles. The van der Waals surface area contributed by atoms with Gasteiger partial charge in [0.25, 0.3) is 0 Å². The average Bonchev–Trinajstić information content (AvgIpc) is 3.11. The van der Waals surface area contributed by atoms with Crippen LogP contribution in [0.2, 0.25) is 0 Å². The molecule has 0 aliphatic heterocycles. The van der Waals surface area contributed by atoms with Crippen molar-refractivity contribution in [2.75, 3.05) is 12.4 Å². The van der Waals surface area contributed by atoms with E-state index in [1.54, 1.807) is 7.11 Å². The van der Waals surface area contributed by atoms with Gasteiger partial charge in [0, 0.05) is 23.1 Å². The van der Waals surface area contributed by atoms with Crippen molar-refractivity contribution < 1.29 is 9.53 Å². The molecule has 1 amide bonds. The summed E-state index contributed by atoms with van der Waals surface area (Å²) in [6.45, 7) is 10.1. The fourth-order valence-electron chi connectivity index (χ4n) is 4.27. The molecule has 0 atom stereocenters. The first-order chi connectivity index (χ1) is 15.8. The van der Waals surface area contributed by atoms with Crippen molar-refractivity contribution in [3.05, 3.63) is 76.0 Å². The van der Waals surface area contributed by atoms with Crippen LogP contribution in [-0.2, 0) is 11.2 Å². The number of ether oxygens (including phenoxy) is 1. The maximum absolute atomic E-state index is 12.7. The SMILES string of the molecule is COc1nc2c(c(C)nn2-c2ccc(C)cc2)c(C)c1CCC(=O)Nc1ccc(C)cc1C. The number of fused-ring (bicyclic) bond motifs is 1. The Morgan fingerprint density at radius 2 is 1.70 bits per heavy atom. The Labute approximate surface area is 194 Å². The van der Waals surface area contributed by atoms with Gasteiger partial charge in [-0.05, 0) is 70.4 Å². The van der Waals surface area contributed by atoms with Gasteiger partial charge in [0.1, 0.15) is 0 Å². The van der Waals surface area contributed by atoms with Crippen LogP contribution in [0.5, 0.6) is 5.88 Å². The molecule has 2 aromatic heterocycles. The van der Waals surface area contributed by atoms with E-state index in [2.05, 4.69) is 37.4 Å². The van der Waals surface area contributed by atoms with Crippen LogP contribution in [0.25, 0.3) is 16.7 Å². The van der Waals surface area contributed by atoms with Gasteiger partial charge in [0.2, 0.25) is 11.8 Å². The Kier molecular flexibility index (Phi) is 6.18. The zero-order valence-electron chi connectivity index (χ0n) is 20.1. The van der Waals surface area contributed by atoms with Crippen molar-refractivity contribution in [3.8, 4) is 11.6 Å². The van der Waals surface area contributed by atoms with E-state index >= 15 is 0 Å². The van der Waals surface area contributed by atoms with Gasteiger partial charge >= 0.3 is 0 Å². The van der Waals surface area contributed by atoms with Crippen molar-refractivity contribution in [3.63, 3.8) is 0 Å². The minimum Gasteiger partial charge on any atom is -0.481 e. The summed E-state index contributed by atoms with van der Waals surface area (Å²) in [6, 6.07) is 14.2. The normalized spacial score (nSPS) is 11.1. The Balaban J connectivity index is 1.64. The van der Waals surface area contributed by atoms with Gasteiger partial charge in [-0.2, -0.15) is 10.1 Å². The number of benzene rings is 2. The van der Waals surface area contributed by atoms with Crippen LogP contribution in [-0.4, -0.2) is 27.8 Å². The molecule has 0 unspecified atom stereocenters. The first-order valence-electron chi connectivity index (χ1n) is 11.2. The van der Waals surface area contributed by atoms with E-state index in [1.165, 1.54) is 11.1 Å². The number of aryl methyl sites for hydroxylation is 5. The van der Waals surface area contributed by atoms with Crippen LogP contribution in [0.4, 0.5) is 5.69 Å². The second-order valence-electron chi connectivity index (χ2n) is 8.62. The third-order valence-corrected chi connectivity index (χ3v) is 6.06. The molecule has 0 radical (unpaired) electrons. The largest absolute Gasteiger partial charge is 0.481 e. The molecule has 6 heteroatoms. The quantitative estimate of drug-likeness (QED) is 0.425. The highest BCUT2D eigenvalue weighted by molar-refractivity contribution is 5.92. The maximum Gasteiger partial charge on any atom is 0.224 e. The van der Waals surface area contributed by atoms with Gasteiger partial charge in [0.05, 0.1) is 18.5 Å². The predicted molar refractivity (Wildman–Crippen MR) is 132 cm³/mol. The maximum atomic E-state index is 12.7. The van der Waals surface area contributed by atoms with Crippen LogP contribution in [0.1, 0.15) is 39.9 Å². The van der Waals surface area contributed by atoms with Crippen LogP contribution in [0.3, 0.4) is 0 Å². The minimum atomic E-state index is -0.0319. The van der Waals surface area contributed by atoms with Gasteiger partial charge in [-0.25, -0.2) is 4.68 Å². The summed E-state index contributed by atoms with van der Waals surface area (Å²) in [5.74, 6) is 0.503. The van der Waals surface area contributed by atoms with Gasteiger partial charge in [-0.15, -0.1) is 0 Å².